The number of aromatic nitrogens is 1. The lowest BCUT2D eigenvalue weighted by Crippen LogP contribution is -1.94. The molecule has 0 saturated carbocycles. The van der Waals surface area contributed by atoms with Crippen LogP contribution in [0.1, 0.15) is 15.9 Å². The van der Waals surface area contributed by atoms with Crippen LogP contribution in [0.25, 0.3) is 6.08 Å². The molecule has 1 aromatic heterocycles. The Morgan fingerprint density at radius 1 is 1.17 bits per heavy atom. The van der Waals surface area contributed by atoms with E-state index in [-0.39, 0.29) is 5.78 Å². The van der Waals surface area contributed by atoms with Gasteiger partial charge in [0, 0.05) is 18.0 Å². The van der Waals surface area contributed by atoms with Crippen LogP contribution in [0.2, 0.25) is 0 Å². The number of benzene rings is 1. The highest BCUT2D eigenvalue weighted by Crippen LogP contribution is 2.10. The zero-order valence-electron chi connectivity index (χ0n) is 9.31. The van der Waals surface area contributed by atoms with Crippen LogP contribution in [0, 0.1) is 11.6 Å². The maximum atomic E-state index is 12.9. The van der Waals surface area contributed by atoms with Gasteiger partial charge in [0.25, 0.3) is 0 Å². The predicted octanol–water partition coefficient (Wildman–Crippen LogP) is 3.26. The normalized spacial score (nSPS) is 10.8. The van der Waals surface area contributed by atoms with Crippen molar-refractivity contribution < 1.29 is 13.6 Å². The van der Waals surface area contributed by atoms with Gasteiger partial charge in [-0.15, -0.1) is 0 Å². The number of carbonyl (C=O) groups is 1. The lowest BCUT2D eigenvalue weighted by molar-refractivity contribution is 0.104. The van der Waals surface area contributed by atoms with E-state index >= 15 is 0 Å². The van der Waals surface area contributed by atoms with E-state index in [1.165, 1.54) is 24.4 Å². The highest BCUT2D eigenvalue weighted by atomic mass is 19.2. The highest BCUT2D eigenvalue weighted by Gasteiger charge is 2.02. The summed E-state index contributed by atoms with van der Waals surface area (Å²) in [5.74, 6) is -2.09. The molecule has 2 nitrogen and oxygen atoms in total. The molecule has 0 saturated heterocycles. The van der Waals surface area contributed by atoms with Gasteiger partial charge in [0.05, 0.1) is 0 Å². The Morgan fingerprint density at radius 3 is 2.67 bits per heavy atom. The highest BCUT2D eigenvalue weighted by molar-refractivity contribution is 6.06. The SMILES string of the molecule is O=C(/C=C/c1ccc(F)c(F)c1)c1cccnc1. The number of pyridine rings is 1. The minimum absolute atomic E-state index is 0.243. The second kappa shape index (κ2) is 5.31. The molecule has 0 atom stereocenters. The first-order chi connectivity index (χ1) is 8.66. The molecular weight excluding hydrogens is 236 g/mol. The minimum atomic E-state index is -0.939. The fourth-order valence-corrected chi connectivity index (χ4v) is 1.39. The standard InChI is InChI=1S/C14H9F2NO/c15-12-5-3-10(8-13(12)16)4-6-14(18)11-2-1-7-17-9-11/h1-9H/b6-4+. The van der Waals surface area contributed by atoms with Crippen molar-refractivity contribution in [2.75, 3.05) is 0 Å². The van der Waals surface area contributed by atoms with Gasteiger partial charge >= 0.3 is 0 Å². The van der Waals surface area contributed by atoms with E-state index in [2.05, 4.69) is 4.98 Å². The molecule has 2 aromatic rings. The van der Waals surface area contributed by atoms with Gasteiger partial charge in [-0.1, -0.05) is 12.1 Å². The molecule has 2 rings (SSSR count). The van der Waals surface area contributed by atoms with Crippen LogP contribution < -0.4 is 0 Å². The summed E-state index contributed by atoms with van der Waals surface area (Å²) in [5.41, 5.74) is 0.863. The van der Waals surface area contributed by atoms with Crippen LogP contribution in [0.3, 0.4) is 0 Å². The summed E-state index contributed by atoms with van der Waals surface area (Å²) in [5, 5.41) is 0. The van der Waals surface area contributed by atoms with E-state index in [9.17, 15) is 13.6 Å². The zero-order valence-corrected chi connectivity index (χ0v) is 9.31. The Balaban J connectivity index is 2.16. The molecule has 0 fully saturated rings. The Bertz CT molecular complexity index is 594. The lowest BCUT2D eigenvalue weighted by Gasteiger charge is -1.96. The molecule has 0 aliphatic carbocycles. The van der Waals surface area contributed by atoms with Crippen LogP contribution in [0.4, 0.5) is 8.78 Å². The molecule has 0 aliphatic rings. The Hall–Kier alpha value is -2.36. The molecule has 90 valence electrons. The van der Waals surface area contributed by atoms with E-state index in [0.717, 1.165) is 12.1 Å². The van der Waals surface area contributed by atoms with Crippen LogP contribution in [0.15, 0.2) is 48.8 Å². The maximum Gasteiger partial charge on any atom is 0.187 e. The maximum absolute atomic E-state index is 12.9. The molecule has 0 radical (unpaired) electrons. The molecule has 0 spiro atoms. The van der Waals surface area contributed by atoms with Crippen LogP contribution in [-0.2, 0) is 0 Å². The molecule has 0 amide bonds. The van der Waals surface area contributed by atoms with Crippen molar-refractivity contribution in [3.05, 3.63) is 71.6 Å². The largest absolute Gasteiger partial charge is 0.289 e. The Labute approximate surface area is 103 Å². The number of halogens is 2. The monoisotopic (exact) mass is 245 g/mol. The van der Waals surface area contributed by atoms with Crippen LogP contribution in [-0.4, -0.2) is 10.8 Å². The van der Waals surface area contributed by atoms with Gasteiger partial charge < -0.3 is 0 Å². The molecular formula is C14H9F2NO. The van der Waals surface area contributed by atoms with Gasteiger partial charge in [0.1, 0.15) is 0 Å². The number of allylic oxidation sites excluding steroid dienone is 1. The van der Waals surface area contributed by atoms with Crippen molar-refractivity contribution in [2.24, 2.45) is 0 Å². The topological polar surface area (TPSA) is 30.0 Å². The number of hydrogen-bond acceptors (Lipinski definition) is 2. The summed E-state index contributed by atoms with van der Waals surface area (Å²) in [6, 6.07) is 6.72. The van der Waals surface area contributed by atoms with Gasteiger partial charge in [-0.2, -0.15) is 0 Å². The van der Waals surface area contributed by atoms with Gasteiger partial charge in [-0.05, 0) is 35.9 Å². The Kier molecular flexibility index (Phi) is 3.57. The fourth-order valence-electron chi connectivity index (χ4n) is 1.39. The molecule has 0 unspecified atom stereocenters. The van der Waals surface area contributed by atoms with E-state index in [0.29, 0.717) is 11.1 Å². The fraction of sp³-hybridized carbons (Fsp3) is 0. The van der Waals surface area contributed by atoms with Crippen LogP contribution >= 0.6 is 0 Å². The quantitative estimate of drug-likeness (QED) is 0.613. The van der Waals surface area contributed by atoms with Crippen molar-refractivity contribution in [3.8, 4) is 0 Å². The van der Waals surface area contributed by atoms with Crippen molar-refractivity contribution in [2.45, 2.75) is 0 Å². The third-order valence-electron chi connectivity index (χ3n) is 2.32. The van der Waals surface area contributed by atoms with Gasteiger partial charge in [0.2, 0.25) is 0 Å². The number of nitrogens with zero attached hydrogens (tertiary/aromatic N) is 1. The summed E-state index contributed by atoms with van der Waals surface area (Å²) in [6.07, 6.45) is 5.73. The van der Waals surface area contributed by atoms with E-state index in [4.69, 9.17) is 0 Å². The minimum Gasteiger partial charge on any atom is -0.289 e. The summed E-state index contributed by atoms with van der Waals surface area (Å²) in [6.45, 7) is 0. The zero-order chi connectivity index (χ0) is 13.0. The smallest absolute Gasteiger partial charge is 0.187 e. The second-order valence-corrected chi connectivity index (χ2v) is 3.61. The molecule has 0 N–H and O–H groups in total. The molecule has 18 heavy (non-hydrogen) atoms. The first kappa shape index (κ1) is 12.1. The Morgan fingerprint density at radius 2 is 2.00 bits per heavy atom. The van der Waals surface area contributed by atoms with Crippen molar-refractivity contribution >= 4 is 11.9 Å². The first-order valence-corrected chi connectivity index (χ1v) is 5.24. The molecule has 1 aromatic carbocycles. The average molecular weight is 245 g/mol. The lowest BCUT2D eigenvalue weighted by atomic mass is 10.1. The summed E-state index contributed by atoms with van der Waals surface area (Å²) >= 11 is 0. The summed E-state index contributed by atoms with van der Waals surface area (Å²) < 4.78 is 25.6. The van der Waals surface area contributed by atoms with Crippen molar-refractivity contribution in [1.82, 2.24) is 4.98 Å². The third-order valence-corrected chi connectivity index (χ3v) is 2.32. The van der Waals surface area contributed by atoms with Crippen molar-refractivity contribution in [3.63, 3.8) is 0 Å². The first-order valence-electron chi connectivity index (χ1n) is 5.24. The van der Waals surface area contributed by atoms with Gasteiger partial charge in [-0.3, -0.25) is 9.78 Å². The number of rotatable bonds is 3. The molecule has 1 heterocycles. The van der Waals surface area contributed by atoms with E-state index in [1.54, 1.807) is 18.3 Å². The molecule has 0 bridgehead atoms. The number of hydrogen-bond donors (Lipinski definition) is 0. The molecule has 4 heteroatoms. The number of carbonyl (C=O) groups excluding carboxylic acids is 1. The second-order valence-electron chi connectivity index (χ2n) is 3.61. The van der Waals surface area contributed by atoms with Crippen molar-refractivity contribution in [1.29, 1.82) is 0 Å². The summed E-state index contributed by atoms with van der Waals surface area (Å²) in [4.78, 5) is 15.5. The molecule has 0 aliphatic heterocycles. The van der Waals surface area contributed by atoms with Gasteiger partial charge in [-0.25, -0.2) is 8.78 Å². The number of ketones is 1. The predicted molar refractivity (Wildman–Crippen MR) is 64.0 cm³/mol. The van der Waals surface area contributed by atoms with Gasteiger partial charge in [0.15, 0.2) is 17.4 Å². The van der Waals surface area contributed by atoms with E-state index in [1.807, 2.05) is 0 Å². The average Bonchev–Trinajstić information content (AvgIpc) is 2.41. The van der Waals surface area contributed by atoms with E-state index < -0.39 is 11.6 Å². The summed E-state index contributed by atoms with van der Waals surface area (Å²) in [7, 11) is 0. The third kappa shape index (κ3) is 2.85. The van der Waals surface area contributed by atoms with Crippen LogP contribution in [0.5, 0.6) is 0 Å².